The molecule has 0 heterocycles. The highest BCUT2D eigenvalue weighted by atomic mass is 32.2. The predicted molar refractivity (Wildman–Crippen MR) is 72.1 cm³/mol. The van der Waals surface area contributed by atoms with Gasteiger partial charge in [0.05, 0.1) is 4.90 Å². The van der Waals surface area contributed by atoms with Crippen LogP contribution in [0.15, 0.2) is 23.1 Å². The van der Waals surface area contributed by atoms with Crippen LogP contribution in [0.3, 0.4) is 0 Å². The zero-order valence-electron chi connectivity index (χ0n) is 11.2. The molecule has 1 aromatic rings. The molecule has 0 aliphatic heterocycles. The van der Waals surface area contributed by atoms with Crippen LogP contribution >= 0.6 is 0 Å². The van der Waals surface area contributed by atoms with Crippen LogP contribution in [0.1, 0.15) is 36.5 Å². The number of nitrogens with zero attached hydrogens (tertiary/aromatic N) is 1. The third-order valence-corrected chi connectivity index (χ3v) is 4.05. The first-order valence-electron chi connectivity index (χ1n) is 6.47. The van der Waals surface area contributed by atoms with Crippen molar-refractivity contribution in [2.75, 3.05) is 6.54 Å². The molecule has 2 N–H and O–H groups in total. The molecule has 1 aromatic carbocycles. The number of nitrogens with two attached hydrogens (primary N) is 1. The third-order valence-electron chi connectivity index (χ3n) is 3.16. The monoisotopic (exact) mass is 300 g/mol. The molecule has 1 fully saturated rings. The van der Waals surface area contributed by atoms with E-state index in [-0.39, 0.29) is 22.4 Å². The molecule has 0 bridgehead atoms. The van der Waals surface area contributed by atoms with Crippen molar-refractivity contribution in [3.8, 4) is 0 Å². The van der Waals surface area contributed by atoms with Crippen molar-refractivity contribution in [1.29, 1.82) is 0 Å². The topological polar surface area (TPSA) is 80.5 Å². The number of sulfonamides is 1. The van der Waals surface area contributed by atoms with E-state index in [4.69, 9.17) is 5.14 Å². The Balaban J connectivity index is 2.36. The van der Waals surface area contributed by atoms with Gasteiger partial charge in [-0.1, -0.05) is 6.92 Å². The summed E-state index contributed by atoms with van der Waals surface area (Å²) < 4.78 is 36.1. The van der Waals surface area contributed by atoms with Gasteiger partial charge in [0, 0.05) is 18.2 Å². The predicted octanol–water partition coefficient (Wildman–Crippen LogP) is 1.49. The van der Waals surface area contributed by atoms with Crippen LogP contribution < -0.4 is 5.14 Å². The van der Waals surface area contributed by atoms with Gasteiger partial charge in [-0.3, -0.25) is 4.79 Å². The molecule has 7 heteroatoms. The van der Waals surface area contributed by atoms with Crippen LogP contribution in [0, 0.1) is 5.82 Å². The molecule has 0 saturated heterocycles. The average Bonchev–Trinajstić information content (AvgIpc) is 3.17. The van der Waals surface area contributed by atoms with Gasteiger partial charge in [-0.15, -0.1) is 0 Å². The van der Waals surface area contributed by atoms with Gasteiger partial charge < -0.3 is 4.90 Å². The number of halogens is 1. The highest BCUT2D eigenvalue weighted by Gasteiger charge is 2.32. The second-order valence-corrected chi connectivity index (χ2v) is 6.51. The molecule has 1 saturated carbocycles. The lowest BCUT2D eigenvalue weighted by Crippen LogP contribution is -2.34. The van der Waals surface area contributed by atoms with Gasteiger partial charge in [0.2, 0.25) is 10.0 Å². The Morgan fingerprint density at radius 2 is 2.05 bits per heavy atom. The Labute approximate surface area is 117 Å². The zero-order valence-corrected chi connectivity index (χ0v) is 12.0. The van der Waals surface area contributed by atoms with Gasteiger partial charge in [-0.2, -0.15) is 0 Å². The summed E-state index contributed by atoms with van der Waals surface area (Å²) in [5, 5.41) is 4.98. The van der Waals surface area contributed by atoms with Crippen molar-refractivity contribution in [3.05, 3.63) is 29.6 Å². The molecule has 0 atom stereocenters. The number of hydrogen-bond acceptors (Lipinski definition) is 3. The van der Waals surface area contributed by atoms with E-state index < -0.39 is 15.8 Å². The summed E-state index contributed by atoms with van der Waals surface area (Å²) in [6.07, 6.45) is 2.66. The standard InChI is InChI=1S/C13H17FN2O3S/c1-2-5-16(11-3-4-11)13(17)9-6-10(14)8-12(7-9)20(15,18)19/h6-8,11H,2-5H2,1H3,(H2,15,18,19). The van der Waals surface area contributed by atoms with Crippen molar-refractivity contribution in [1.82, 2.24) is 4.90 Å². The highest BCUT2D eigenvalue weighted by molar-refractivity contribution is 7.89. The van der Waals surface area contributed by atoms with Crippen LogP contribution in [0.4, 0.5) is 4.39 Å². The maximum atomic E-state index is 13.5. The fourth-order valence-electron chi connectivity index (χ4n) is 2.09. The number of carbonyl (C=O) groups is 1. The van der Waals surface area contributed by atoms with Gasteiger partial charge in [0.1, 0.15) is 5.82 Å². The first kappa shape index (κ1) is 14.9. The summed E-state index contributed by atoms with van der Waals surface area (Å²) in [6.45, 7) is 2.52. The Bertz CT molecular complexity index is 627. The average molecular weight is 300 g/mol. The first-order valence-corrected chi connectivity index (χ1v) is 8.02. The molecule has 2 rings (SSSR count). The lowest BCUT2D eigenvalue weighted by molar-refractivity contribution is 0.0742. The van der Waals surface area contributed by atoms with Gasteiger partial charge in [-0.05, 0) is 37.5 Å². The summed E-state index contributed by atoms with van der Waals surface area (Å²) in [4.78, 5) is 13.7. The van der Waals surface area contributed by atoms with Crippen molar-refractivity contribution in [3.63, 3.8) is 0 Å². The Kier molecular flexibility index (Phi) is 4.10. The molecule has 0 aromatic heterocycles. The number of amides is 1. The van der Waals surface area contributed by atoms with Gasteiger partial charge in [-0.25, -0.2) is 17.9 Å². The number of hydrogen-bond donors (Lipinski definition) is 1. The van der Waals surface area contributed by atoms with Crippen LogP contribution in [-0.4, -0.2) is 31.8 Å². The molecule has 20 heavy (non-hydrogen) atoms. The summed E-state index contributed by atoms with van der Waals surface area (Å²) in [5.41, 5.74) is 0.0226. The Morgan fingerprint density at radius 1 is 1.40 bits per heavy atom. The van der Waals surface area contributed by atoms with E-state index in [0.29, 0.717) is 6.54 Å². The quantitative estimate of drug-likeness (QED) is 0.894. The third kappa shape index (κ3) is 3.34. The van der Waals surface area contributed by atoms with E-state index in [1.807, 2.05) is 6.92 Å². The molecule has 110 valence electrons. The lowest BCUT2D eigenvalue weighted by Gasteiger charge is -2.22. The molecule has 0 radical (unpaired) electrons. The van der Waals surface area contributed by atoms with Crippen LogP contribution in [-0.2, 0) is 10.0 Å². The van der Waals surface area contributed by atoms with Gasteiger partial charge in [0.25, 0.3) is 5.91 Å². The summed E-state index contributed by atoms with van der Waals surface area (Å²) in [6, 6.07) is 3.17. The molecule has 1 amide bonds. The Hall–Kier alpha value is -1.47. The van der Waals surface area contributed by atoms with Crippen molar-refractivity contribution >= 4 is 15.9 Å². The number of carbonyl (C=O) groups excluding carboxylic acids is 1. The van der Waals surface area contributed by atoms with Gasteiger partial charge in [0.15, 0.2) is 0 Å². The molecular formula is C13H17FN2O3S. The minimum Gasteiger partial charge on any atom is -0.336 e. The molecule has 5 nitrogen and oxygen atoms in total. The number of rotatable bonds is 5. The fraction of sp³-hybridized carbons (Fsp3) is 0.462. The van der Waals surface area contributed by atoms with E-state index >= 15 is 0 Å². The minimum atomic E-state index is -4.03. The summed E-state index contributed by atoms with van der Waals surface area (Å²) >= 11 is 0. The SMILES string of the molecule is CCCN(C(=O)c1cc(F)cc(S(N)(=O)=O)c1)C1CC1. The maximum Gasteiger partial charge on any atom is 0.254 e. The largest absolute Gasteiger partial charge is 0.336 e. The number of primary sulfonamides is 1. The highest BCUT2D eigenvalue weighted by Crippen LogP contribution is 2.29. The fourth-order valence-corrected chi connectivity index (χ4v) is 2.66. The van der Waals surface area contributed by atoms with Crippen molar-refractivity contribution < 1.29 is 17.6 Å². The van der Waals surface area contributed by atoms with Crippen molar-refractivity contribution in [2.45, 2.75) is 37.1 Å². The molecule has 1 aliphatic carbocycles. The zero-order chi connectivity index (χ0) is 14.9. The smallest absolute Gasteiger partial charge is 0.254 e. The summed E-state index contributed by atoms with van der Waals surface area (Å²) in [5.74, 6) is -1.13. The van der Waals surface area contributed by atoms with E-state index in [1.54, 1.807) is 4.90 Å². The van der Waals surface area contributed by atoms with Crippen LogP contribution in [0.5, 0.6) is 0 Å². The van der Waals surface area contributed by atoms with E-state index in [0.717, 1.165) is 37.5 Å². The molecule has 0 unspecified atom stereocenters. The molecular weight excluding hydrogens is 283 g/mol. The molecule has 0 spiro atoms. The second-order valence-electron chi connectivity index (χ2n) is 4.95. The minimum absolute atomic E-state index is 0.0226. The normalized spacial score (nSPS) is 15.2. The maximum absolute atomic E-state index is 13.5. The first-order chi connectivity index (χ1) is 9.32. The van der Waals surface area contributed by atoms with E-state index in [1.165, 1.54) is 0 Å². The van der Waals surface area contributed by atoms with Crippen LogP contribution in [0.25, 0.3) is 0 Å². The van der Waals surface area contributed by atoms with E-state index in [2.05, 4.69) is 0 Å². The lowest BCUT2D eigenvalue weighted by atomic mass is 10.2. The van der Waals surface area contributed by atoms with Gasteiger partial charge >= 0.3 is 0 Å². The van der Waals surface area contributed by atoms with E-state index in [9.17, 15) is 17.6 Å². The van der Waals surface area contributed by atoms with Crippen LogP contribution in [0.2, 0.25) is 0 Å². The summed E-state index contributed by atoms with van der Waals surface area (Å²) in [7, 11) is -4.03. The van der Waals surface area contributed by atoms with Crippen molar-refractivity contribution in [2.24, 2.45) is 5.14 Å². The Morgan fingerprint density at radius 3 is 2.55 bits per heavy atom. The second kappa shape index (κ2) is 5.49. The number of benzene rings is 1. The molecule has 1 aliphatic rings.